The van der Waals surface area contributed by atoms with Gasteiger partial charge in [0.25, 0.3) is 0 Å². The molecule has 1 N–H and O–H groups in total. The quantitative estimate of drug-likeness (QED) is 0.634. The third-order valence-corrected chi connectivity index (χ3v) is 3.94. The summed E-state index contributed by atoms with van der Waals surface area (Å²) in [7, 11) is 0. The fourth-order valence-electron chi connectivity index (χ4n) is 2.38. The van der Waals surface area contributed by atoms with Gasteiger partial charge in [0, 0.05) is 21.1 Å². The number of aromatic nitrogens is 1. The second-order valence-electron chi connectivity index (χ2n) is 4.71. The van der Waals surface area contributed by atoms with Crippen LogP contribution in [0.15, 0.2) is 46.9 Å². The summed E-state index contributed by atoms with van der Waals surface area (Å²) in [6.07, 6.45) is 0. The zero-order chi connectivity index (χ0) is 12.7. The number of fused-ring (bicyclic) bond motifs is 1. The van der Waals surface area contributed by atoms with Gasteiger partial charge in [0.1, 0.15) is 0 Å². The van der Waals surface area contributed by atoms with Crippen molar-refractivity contribution in [1.82, 2.24) is 4.98 Å². The second kappa shape index (κ2) is 4.29. The van der Waals surface area contributed by atoms with E-state index in [-0.39, 0.29) is 0 Å². The maximum absolute atomic E-state index is 3.58. The summed E-state index contributed by atoms with van der Waals surface area (Å²) in [5.41, 5.74) is 6.21. The molecule has 0 bridgehead atoms. The van der Waals surface area contributed by atoms with E-state index < -0.39 is 0 Å². The first-order chi connectivity index (χ1) is 8.65. The molecule has 18 heavy (non-hydrogen) atoms. The third kappa shape index (κ3) is 1.87. The molecule has 0 fully saturated rings. The lowest BCUT2D eigenvalue weighted by atomic mass is 10.0. The molecule has 3 aromatic rings. The second-order valence-corrected chi connectivity index (χ2v) is 5.56. The predicted octanol–water partition coefficient (Wildman–Crippen LogP) is 5.21. The molecular formula is C16H14BrN. The van der Waals surface area contributed by atoms with Gasteiger partial charge in [-0.15, -0.1) is 0 Å². The Morgan fingerprint density at radius 2 is 1.83 bits per heavy atom. The van der Waals surface area contributed by atoms with Gasteiger partial charge in [-0.1, -0.05) is 35.9 Å². The summed E-state index contributed by atoms with van der Waals surface area (Å²) in [5, 5.41) is 1.24. The first kappa shape index (κ1) is 11.5. The number of aryl methyl sites for hydroxylation is 2. The van der Waals surface area contributed by atoms with Crippen LogP contribution in [0.1, 0.15) is 11.1 Å². The fourth-order valence-corrected chi connectivity index (χ4v) is 2.86. The fraction of sp³-hybridized carbons (Fsp3) is 0.125. The highest BCUT2D eigenvalue weighted by Gasteiger charge is 2.07. The van der Waals surface area contributed by atoms with Crippen molar-refractivity contribution in [1.29, 1.82) is 0 Å². The molecule has 2 aromatic carbocycles. The Morgan fingerprint density at radius 3 is 2.56 bits per heavy atom. The van der Waals surface area contributed by atoms with Gasteiger partial charge < -0.3 is 4.98 Å². The van der Waals surface area contributed by atoms with Gasteiger partial charge in [-0.05, 0) is 47.5 Å². The van der Waals surface area contributed by atoms with E-state index in [1.807, 2.05) is 0 Å². The Kier molecular flexibility index (Phi) is 2.75. The smallest absolute Gasteiger partial charge is 0.0603 e. The molecule has 0 spiro atoms. The zero-order valence-corrected chi connectivity index (χ0v) is 12.0. The number of H-pyrrole nitrogens is 1. The average molecular weight is 300 g/mol. The van der Waals surface area contributed by atoms with E-state index in [0.29, 0.717) is 0 Å². The van der Waals surface area contributed by atoms with Crippen LogP contribution >= 0.6 is 15.9 Å². The molecule has 2 heteroatoms. The van der Waals surface area contributed by atoms with Crippen molar-refractivity contribution in [2.75, 3.05) is 0 Å². The van der Waals surface area contributed by atoms with Gasteiger partial charge >= 0.3 is 0 Å². The van der Waals surface area contributed by atoms with Crippen molar-refractivity contribution in [3.8, 4) is 11.3 Å². The molecule has 0 aliphatic heterocycles. The largest absolute Gasteiger partial charge is 0.354 e. The normalized spacial score (nSPS) is 11.1. The van der Waals surface area contributed by atoms with Crippen LogP contribution < -0.4 is 0 Å². The highest BCUT2D eigenvalue weighted by atomic mass is 79.9. The minimum Gasteiger partial charge on any atom is -0.354 e. The van der Waals surface area contributed by atoms with Gasteiger partial charge in [-0.25, -0.2) is 0 Å². The number of halogens is 1. The van der Waals surface area contributed by atoms with Gasteiger partial charge in [0.05, 0.1) is 5.52 Å². The Hall–Kier alpha value is -1.54. The van der Waals surface area contributed by atoms with E-state index in [1.165, 1.54) is 27.8 Å². The molecule has 1 nitrogen and oxygen atoms in total. The van der Waals surface area contributed by atoms with Crippen LogP contribution in [0.4, 0.5) is 0 Å². The molecule has 3 rings (SSSR count). The lowest BCUT2D eigenvalue weighted by Crippen LogP contribution is -1.84. The van der Waals surface area contributed by atoms with Gasteiger partial charge in [-0.3, -0.25) is 0 Å². The molecular weight excluding hydrogens is 286 g/mol. The van der Waals surface area contributed by atoms with Crippen LogP contribution in [0.2, 0.25) is 0 Å². The van der Waals surface area contributed by atoms with Crippen LogP contribution in [0.3, 0.4) is 0 Å². The lowest BCUT2D eigenvalue weighted by Gasteiger charge is -2.04. The number of aromatic amines is 1. The summed E-state index contributed by atoms with van der Waals surface area (Å²) in [4.78, 5) is 3.49. The molecule has 0 saturated carbocycles. The molecule has 0 amide bonds. The Bertz CT molecular complexity index is 725. The molecule has 0 aliphatic rings. The van der Waals surface area contributed by atoms with Crippen molar-refractivity contribution in [2.24, 2.45) is 0 Å². The first-order valence-corrected chi connectivity index (χ1v) is 6.79. The van der Waals surface area contributed by atoms with Crippen LogP contribution in [0.25, 0.3) is 22.2 Å². The minimum absolute atomic E-state index is 1.11. The third-order valence-electron chi connectivity index (χ3n) is 3.28. The summed E-state index contributed by atoms with van der Waals surface area (Å²) in [6.45, 7) is 4.28. The number of nitrogens with one attached hydrogen (secondary N) is 1. The van der Waals surface area contributed by atoms with Gasteiger partial charge in [0.15, 0.2) is 0 Å². The van der Waals surface area contributed by atoms with Crippen molar-refractivity contribution in [3.63, 3.8) is 0 Å². The number of hydrogen-bond donors (Lipinski definition) is 1. The van der Waals surface area contributed by atoms with Crippen LogP contribution in [0, 0.1) is 13.8 Å². The van der Waals surface area contributed by atoms with E-state index >= 15 is 0 Å². The molecule has 0 radical (unpaired) electrons. The predicted molar refractivity (Wildman–Crippen MR) is 80.9 cm³/mol. The molecule has 0 aliphatic carbocycles. The SMILES string of the molecule is Cc1ccc(-c2cc3cccc(Br)c3[nH]2)c(C)c1. The average Bonchev–Trinajstić information content (AvgIpc) is 2.74. The number of rotatable bonds is 1. The van der Waals surface area contributed by atoms with E-state index in [1.54, 1.807) is 0 Å². The number of para-hydroxylation sites is 1. The van der Waals surface area contributed by atoms with Crippen molar-refractivity contribution >= 4 is 26.8 Å². The van der Waals surface area contributed by atoms with Gasteiger partial charge in [0.2, 0.25) is 0 Å². The molecule has 0 atom stereocenters. The molecule has 0 saturated heterocycles. The standard InChI is InChI=1S/C16H14BrN/c1-10-6-7-13(11(2)8-10)15-9-12-4-3-5-14(17)16(12)18-15/h3-9,18H,1-2H3. The lowest BCUT2D eigenvalue weighted by molar-refractivity contribution is 1.35. The Balaban J connectivity index is 2.23. The molecule has 0 unspecified atom stereocenters. The zero-order valence-electron chi connectivity index (χ0n) is 10.4. The monoisotopic (exact) mass is 299 g/mol. The Morgan fingerprint density at radius 1 is 1.00 bits per heavy atom. The van der Waals surface area contributed by atoms with Crippen LogP contribution in [-0.4, -0.2) is 4.98 Å². The van der Waals surface area contributed by atoms with Gasteiger partial charge in [-0.2, -0.15) is 0 Å². The number of hydrogen-bond acceptors (Lipinski definition) is 0. The van der Waals surface area contributed by atoms with E-state index in [4.69, 9.17) is 0 Å². The highest BCUT2D eigenvalue weighted by Crippen LogP contribution is 2.30. The molecule has 1 heterocycles. The summed E-state index contributed by atoms with van der Waals surface area (Å²) in [6, 6.07) is 15.0. The summed E-state index contributed by atoms with van der Waals surface area (Å²) < 4.78 is 1.11. The maximum Gasteiger partial charge on any atom is 0.0603 e. The maximum atomic E-state index is 3.58. The topological polar surface area (TPSA) is 15.8 Å². The molecule has 90 valence electrons. The summed E-state index contributed by atoms with van der Waals surface area (Å²) in [5.74, 6) is 0. The van der Waals surface area contributed by atoms with Crippen molar-refractivity contribution in [3.05, 3.63) is 58.1 Å². The number of benzene rings is 2. The first-order valence-electron chi connectivity index (χ1n) is 6.00. The van der Waals surface area contributed by atoms with Crippen LogP contribution in [0.5, 0.6) is 0 Å². The highest BCUT2D eigenvalue weighted by molar-refractivity contribution is 9.10. The summed E-state index contributed by atoms with van der Waals surface area (Å²) >= 11 is 3.58. The van der Waals surface area contributed by atoms with Crippen molar-refractivity contribution < 1.29 is 0 Å². The Labute approximate surface area is 115 Å². The van der Waals surface area contributed by atoms with Crippen LogP contribution in [-0.2, 0) is 0 Å². The van der Waals surface area contributed by atoms with E-state index in [9.17, 15) is 0 Å². The van der Waals surface area contributed by atoms with E-state index in [0.717, 1.165) is 9.99 Å². The van der Waals surface area contributed by atoms with Crippen molar-refractivity contribution in [2.45, 2.75) is 13.8 Å². The minimum atomic E-state index is 1.11. The molecule has 1 aromatic heterocycles. The van der Waals surface area contributed by atoms with E-state index in [2.05, 4.69) is 77.2 Å².